The van der Waals surface area contributed by atoms with Crippen molar-refractivity contribution < 1.29 is 14.3 Å². The fourth-order valence-corrected chi connectivity index (χ4v) is 2.58. The number of anilines is 1. The summed E-state index contributed by atoms with van der Waals surface area (Å²) in [4.78, 5) is 14.3. The van der Waals surface area contributed by atoms with Crippen LogP contribution in [0.3, 0.4) is 0 Å². The van der Waals surface area contributed by atoms with E-state index in [1.165, 1.54) is 12.1 Å². The van der Waals surface area contributed by atoms with Crippen LogP contribution in [0.5, 0.6) is 0 Å². The van der Waals surface area contributed by atoms with E-state index < -0.39 is 5.97 Å². The average Bonchev–Trinajstić information content (AvgIpc) is 2.77. The molecule has 0 spiro atoms. The molecule has 0 saturated heterocycles. The van der Waals surface area contributed by atoms with Gasteiger partial charge in [-0.25, -0.2) is 9.18 Å². The van der Waals surface area contributed by atoms with Crippen molar-refractivity contribution in [2.24, 2.45) is 0 Å². The third-order valence-electron chi connectivity index (χ3n) is 3.50. The van der Waals surface area contributed by atoms with Gasteiger partial charge in [-0.1, -0.05) is 12.1 Å². The number of nitrogens with one attached hydrogen (secondary N) is 1. The Bertz CT molecular complexity index is 848. The van der Waals surface area contributed by atoms with Crippen molar-refractivity contribution >= 4 is 22.7 Å². The van der Waals surface area contributed by atoms with Gasteiger partial charge < -0.3 is 15.8 Å². The van der Waals surface area contributed by atoms with Crippen LogP contribution in [0.2, 0.25) is 0 Å². The van der Waals surface area contributed by atoms with E-state index in [1.807, 2.05) is 0 Å². The number of hydrogen-bond acceptors (Lipinski definition) is 2. The summed E-state index contributed by atoms with van der Waals surface area (Å²) in [6, 6.07) is 9.52. The van der Waals surface area contributed by atoms with Crippen LogP contribution >= 0.6 is 0 Å². The van der Waals surface area contributed by atoms with E-state index in [-0.39, 0.29) is 11.4 Å². The number of nitrogen functional groups attached to an aromatic ring is 1. The minimum Gasteiger partial charge on any atom is -0.478 e. The van der Waals surface area contributed by atoms with Crippen LogP contribution < -0.4 is 5.73 Å². The molecule has 0 aliphatic carbocycles. The van der Waals surface area contributed by atoms with Gasteiger partial charge in [-0.15, -0.1) is 0 Å². The number of H-pyrrole nitrogens is 1. The molecule has 0 bridgehead atoms. The van der Waals surface area contributed by atoms with Gasteiger partial charge in [-0.2, -0.15) is 0 Å². The van der Waals surface area contributed by atoms with Gasteiger partial charge in [0.2, 0.25) is 0 Å². The number of carbonyl (C=O) groups is 1. The number of hydrogen-bond donors (Lipinski definition) is 3. The van der Waals surface area contributed by atoms with E-state index >= 15 is 0 Å². The van der Waals surface area contributed by atoms with Crippen molar-refractivity contribution in [3.05, 3.63) is 53.3 Å². The lowest BCUT2D eigenvalue weighted by atomic mass is 9.96. The minimum atomic E-state index is -1.07. The quantitative estimate of drug-likeness (QED) is 0.673. The molecule has 1 heterocycles. The number of nitrogens with two attached hydrogens (primary N) is 1. The molecular formula is C16H13FN2O2. The van der Waals surface area contributed by atoms with E-state index in [4.69, 9.17) is 5.73 Å². The summed E-state index contributed by atoms with van der Waals surface area (Å²) in [5.41, 5.74) is 8.01. The zero-order chi connectivity index (χ0) is 15.1. The largest absolute Gasteiger partial charge is 0.478 e. The number of aromatic amines is 1. The SMILES string of the molecule is Cc1cccc(F)c1-c1cc(C(=O)O)c2cc(N)[nH]c2c1. The van der Waals surface area contributed by atoms with Gasteiger partial charge in [0.25, 0.3) is 0 Å². The number of carboxylic acid groups (broad SMARTS) is 1. The lowest BCUT2D eigenvalue weighted by Crippen LogP contribution is -1.98. The average molecular weight is 284 g/mol. The Labute approximate surface area is 120 Å². The monoisotopic (exact) mass is 284 g/mol. The van der Waals surface area contributed by atoms with Crippen LogP contribution in [0.15, 0.2) is 36.4 Å². The highest BCUT2D eigenvalue weighted by Crippen LogP contribution is 2.32. The van der Waals surface area contributed by atoms with Crippen molar-refractivity contribution in [2.45, 2.75) is 6.92 Å². The van der Waals surface area contributed by atoms with E-state index in [2.05, 4.69) is 4.98 Å². The van der Waals surface area contributed by atoms with Crippen molar-refractivity contribution in [1.29, 1.82) is 0 Å². The molecule has 3 rings (SSSR count). The molecule has 106 valence electrons. The van der Waals surface area contributed by atoms with Crippen molar-refractivity contribution in [3.63, 3.8) is 0 Å². The standard InChI is InChI=1S/C16H13FN2O2/c1-8-3-2-4-12(17)15(8)9-5-11(16(20)21)10-7-14(18)19-13(10)6-9/h2-7,19H,18H2,1H3,(H,20,21). The highest BCUT2D eigenvalue weighted by molar-refractivity contribution is 6.06. The summed E-state index contributed by atoms with van der Waals surface area (Å²) < 4.78 is 14.1. The van der Waals surface area contributed by atoms with Gasteiger partial charge in [-0.05, 0) is 42.3 Å². The number of aromatic carboxylic acids is 1. The Hall–Kier alpha value is -2.82. The summed E-state index contributed by atoms with van der Waals surface area (Å²) in [5.74, 6) is -1.09. The maximum atomic E-state index is 14.1. The number of halogens is 1. The van der Waals surface area contributed by atoms with Crippen molar-refractivity contribution in [3.8, 4) is 11.1 Å². The van der Waals surface area contributed by atoms with Gasteiger partial charge in [0, 0.05) is 16.5 Å². The number of aromatic nitrogens is 1. The highest BCUT2D eigenvalue weighted by atomic mass is 19.1. The first-order chi connectivity index (χ1) is 9.97. The second-order valence-electron chi connectivity index (χ2n) is 4.95. The molecule has 5 heteroatoms. The number of carboxylic acids is 1. The Balaban J connectivity index is 2.36. The van der Waals surface area contributed by atoms with Crippen LogP contribution in [-0.2, 0) is 0 Å². The third kappa shape index (κ3) is 2.12. The fourth-order valence-electron chi connectivity index (χ4n) is 2.58. The molecule has 3 aromatic rings. The van der Waals surface area contributed by atoms with E-state index in [0.29, 0.717) is 27.8 Å². The highest BCUT2D eigenvalue weighted by Gasteiger charge is 2.16. The first-order valence-electron chi connectivity index (χ1n) is 6.38. The number of benzene rings is 2. The van der Waals surface area contributed by atoms with Crippen LogP contribution in [0.4, 0.5) is 10.2 Å². The van der Waals surface area contributed by atoms with Gasteiger partial charge >= 0.3 is 5.97 Å². The predicted octanol–water partition coefficient (Wildman–Crippen LogP) is 3.56. The molecule has 4 N–H and O–H groups in total. The minimum absolute atomic E-state index is 0.0955. The number of rotatable bonds is 2. The van der Waals surface area contributed by atoms with Gasteiger partial charge in [0.1, 0.15) is 11.6 Å². The fraction of sp³-hybridized carbons (Fsp3) is 0.0625. The van der Waals surface area contributed by atoms with Gasteiger partial charge in [-0.3, -0.25) is 0 Å². The van der Waals surface area contributed by atoms with Crippen LogP contribution in [-0.4, -0.2) is 16.1 Å². The summed E-state index contributed by atoms with van der Waals surface area (Å²) in [6.07, 6.45) is 0. The summed E-state index contributed by atoms with van der Waals surface area (Å²) >= 11 is 0. The molecular weight excluding hydrogens is 271 g/mol. The summed E-state index contributed by atoms with van der Waals surface area (Å²) in [6.45, 7) is 1.78. The normalized spacial score (nSPS) is 11.0. The lowest BCUT2D eigenvalue weighted by Gasteiger charge is -2.09. The molecule has 21 heavy (non-hydrogen) atoms. The van der Waals surface area contributed by atoms with Gasteiger partial charge in [0.05, 0.1) is 5.56 Å². The Morgan fingerprint density at radius 3 is 2.71 bits per heavy atom. The smallest absolute Gasteiger partial charge is 0.336 e. The maximum Gasteiger partial charge on any atom is 0.336 e. The topological polar surface area (TPSA) is 79.1 Å². The zero-order valence-electron chi connectivity index (χ0n) is 11.3. The predicted molar refractivity (Wildman–Crippen MR) is 79.8 cm³/mol. The molecule has 1 aromatic heterocycles. The Kier molecular flexibility index (Phi) is 2.90. The Morgan fingerprint density at radius 1 is 1.29 bits per heavy atom. The van der Waals surface area contributed by atoms with Gasteiger partial charge in [0.15, 0.2) is 0 Å². The summed E-state index contributed by atoms with van der Waals surface area (Å²) in [7, 11) is 0. The van der Waals surface area contributed by atoms with E-state index in [1.54, 1.807) is 31.2 Å². The molecule has 0 fully saturated rings. The second-order valence-corrected chi connectivity index (χ2v) is 4.95. The first kappa shape index (κ1) is 13.2. The maximum absolute atomic E-state index is 14.1. The molecule has 0 aliphatic heterocycles. The molecule has 0 saturated carbocycles. The molecule has 0 amide bonds. The number of aryl methyl sites for hydroxylation is 1. The van der Waals surface area contributed by atoms with Crippen molar-refractivity contribution in [2.75, 3.05) is 5.73 Å². The molecule has 0 unspecified atom stereocenters. The number of fused-ring (bicyclic) bond motifs is 1. The van der Waals surface area contributed by atoms with Crippen molar-refractivity contribution in [1.82, 2.24) is 4.98 Å². The second kappa shape index (κ2) is 4.63. The van der Waals surface area contributed by atoms with Crippen LogP contribution in [0.1, 0.15) is 15.9 Å². The third-order valence-corrected chi connectivity index (χ3v) is 3.50. The van der Waals surface area contributed by atoms with Crippen LogP contribution in [0.25, 0.3) is 22.0 Å². The van der Waals surface area contributed by atoms with E-state index in [0.717, 1.165) is 5.56 Å². The molecule has 0 aliphatic rings. The van der Waals surface area contributed by atoms with Crippen LogP contribution in [0, 0.1) is 12.7 Å². The lowest BCUT2D eigenvalue weighted by molar-refractivity contribution is 0.0699. The molecule has 0 atom stereocenters. The Morgan fingerprint density at radius 2 is 2.05 bits per heavy atom. The summed E-state index contributed by atoms with van der Waals surface area (Å²) in [5, 5.41) is 9.87. The first-order valence-corrected chi connectivity index (χ1v) is 6.38. The van der Waals surface area contributed by atoms with E-state index in [9.17, 15) is 14.3 Å². The zero-order valence-corrected chi connectivity index (χ0v) is 11.3. The molecule has 2 aromatic carbocycles. The molecule has 4 nitrogen and oxygen atoms in total. The molecule has 0 radical (unpaired) electrons.